The predicted molar refractivity (Wildman–Crippen MR) is 62.0 cm³/mol. The van der Waals surface area contributed by atoms with Crippen LogP contribution in [0, 0.1) is 0 Å². The van der Waals surface area contributed by atoms with E-state index in [0.717, 1.165) is 43.6 Å². The van der Waals surface area contributed by atoms with Crippen molar-refractivity contribution in [1.29, 1.82) is 0 Å². The SMILES string of the molecule is CCCCc1ccc(CCCCCO)o1. The molecule has 0 fully saturated rings. The van der Waals surface area contributed by atoms with Gasteiger partial charge in [0.2, 0.25) is 0 Å². The average Bonchev–Trinajstić information content (AvgIpc) is 2.69. The Morgan fingerprint density at radius 3 is 2.27 bits per heavy atom. The molecule has 0 amide bonds. The Morgan fingerprint density at radius 1 is 1.00 bits per heavy atom. The van der Waals surface area contributed by atoms with Crippen LogP contribution in [0.2, 0.25) is 0 Å². The molecule has 0 bridgehead atoms. The lowest BCUT2D eigenvalue weighted by Crippen LogP contribution is -1.86. The minimum atomic E-state index is 0.305. The molecule has 86 valence electrons. The molecule has 0 aromatic carbocycles. The van der Waals surface area contributed by atoms with Gasteiger partial charge in [0.1, 0.15) is 11.5 Å². The third-order valence-corrected chi connectivity index (χ3v) is 2.58. The highest BCUT2D eigenvalue weighted by Crippen LogP contribution is 2.13. The molecule has 1 aromatic rings. The summed E-state index contributed by atoms with van der Waals surface area (Å²) in [6, 6.07) is 4.18. The summed E-state index contributed by atoms with van der Waals surface area (Å²) in [4.78, 5) is 0. The molecule has 0 radical (unpaired) electrons. The van der Waals surface area contributed by atoms with Gasteiger partial charge in [-0.2, -0.15) is 0 Å². The zero-order valence-electron chi connectivity index (χ0n) is 9.67. The third kappa shape index (κ3) is 5.03. The fourth-order valence-electron chi connectivity index (χ4n) is 1.63. The molecule has 0 saturated carbocycles. The maximum atomic E-state index is 8.64. The average molecular weight is 210 g/mol. The Balaban J connectivity index is 2.20. The normalized spacial score (nSPS) is 10.8. The number of hydrogen-bond acceptors (Lipinski definition) is 2. The summed E-state index contributed by atoms with van der Waals surface area (Å²) in [5, 5.41) is 8.64. The third-order valence-electron chi connectivity index (χ3n) is 2.58. The molecule has 2 heteroatoms. The van der Waals surface area contributed by atoms with Crippen LogP contribution in [0.1, 0.15) is 50.5 Å². The van der Waals surface area contributed by atoms with E-state index < -0.39 is 0 Å². The predicted octanol–water partition coefficient (Wildman–Crippen LogP) is 3.33. The van der Waals surface area contributed by atoms with Crippen molar-refractivity contribution >= 4 is 0 Å². The molecule has 1 rings (SSSR count). The summed E-state index contributed by atoms with van der Waals surface area (Å²) in [7, 11) is 0. The van der Waals surface area contributed by atoms with Crippen LogP contribution in [-0.4, -0.2) is 11.7 Å². The zero-order valence-corrected chi connectivity index (χ0v) is 9.67. The van der Waals surface area contributed by atoms with E-state index in [1.165, 1.54) is 12.8 Å². The fraction of sp³-hybridized carbons (Fsp3) is 0.692. The van der Waals surface area contributed by atoms with Crippen LogP contribution in [-0.2, 0) is 12.8 Å². The van der Waals surface area contributed by atoms with Gasteiger partial charge in [0.15, 0.2) is 0 Å². The number of aryl methyl sites for hydroxylation is 2. The van der Waals surface area contributed by atoms with Crippen molar-refractivity contribution < 1.29 is 9.52 Å². The summed E-state index contributed by atoms with van der Waals surface area (Å²) >= 11 is 0. The number of aliphatic hydroxyl groups excluding tert-OH is 1. The highest BCUT2D eigenvalue weighted by molar-refractivity contribution is 5.07. The topological polar surface area (TPSA) is 33.4 Å². The van der Waals surface area contributed by atoms with E-state index in [0.29, 0.717) is 6.61 Å². The number of furan rings is 1. The van der Waals surface area contributed by atoms with Gasteiger partial charge in [0.05, 0.1) is 0 Å². The van der Waals surface area contributed by atoms with Gasteiger partial charge in [-0.15, -0.1) is 0 Å². The standard InChI is InChI=1S/C13H22O2/c1-2-3-7-12-9-10-13(15-12)8-5-4-6-11-14/h9-10,14H,2-8,11H2,1H3. The minimum absolute atomic E-state index is 0.305. The number of unbranched alkanes of at least 4 members (excludes halogenated alkanes) is 3. The van der Waals surface area contributed by atoms with Crippen LogP contribution in [0.5, 0.6) is 0 Å². The highest BCUT2D eigenvalue weighted by atomic mass is 16.3. The van der Waals surface area contributed by atoms with Gasteiger partial charge in [-0.05, 0) is 31.4 Å². The first-order valence-electron chi connectivity index (χ1n) is 6.05. The van der Waals surface area contributed by atoms with Crippen LogP contribution in [0.15, 0.2) is 16.5 Å². The molecule has 0 aliphatic carbocycles. The van der Waals surface area contributed by atoms with Crippen LogP contribution in [0.25, 0.3) is 0 Å². The largest absolute Gasteiger partial charge is 0.466 e. The van der Waals surface area contributed by atoms with Crippen molar-refractivity contribution in [1.82, 2.24) is 0 Å². The molecule has 2 nitrogen and oxygen atoms in total. The summed E-state index contributed by atoms with van der Waals surface area (Å²) < 4.78 is 5.70. The fourth-order valence-corrected chi connectivity index (χ4v) is 1.63. The molecule has 1 N–H and O–H groups in total. The number of rotatable bonds is 8. The van der Waals surface area contributed by atoms with E-state index in [1.54, 1.807) is 0 Å². The molecule has 0 aliphatic rings. The van der Waals surface area contributed by atoms with Gasteiger partial charge >= 0.3 is 0 Å². The van der Waals surface area contributed by atoms with Gasteiger partial charge in [-0.25, -0.2) is 0 Å². The second-order valence-electron chi connectivity index (χ2n) is 4.01. The Hall–Kier alpha value is -0.760. The van der Waals surface area contributed by atoms with Crippen LogP contribution >= 0.6 is 0 Å². The molecule has 0 saturated heterocycles. The Kier molecular flexibility index (Phi) is 6.17. The lowest BCUT2D eigenvalue weighted by molar-refractivity contribution is 0.282. The van der Waals surface area contributed by atoms with Crippen LogP contribution < -0.4 is 0 Å². The van der Waals surface area contributed by atoms with Gasteiger partial charge in [-0.1, -0.05) is 19.8 Å². The van der Waals surface area contributed by atoms with E-state index in [1.807, 2.05) is 0 Å². The second-order valence-corrected chi connectivity index (χ2v) is 4.01. The Bertz CT molecular complexity index is 253. The van der Waals surface area contributed by atoms with E-state index in [-0.39, 0.29) is 0 Å². The second kappa shape index (κ2) is 7.52. The van der Waals surface area contributed by atoms with E-state index in [2.05, 4.69) is 19.1 Å². The molecular formula is C13H22O2. The molecule has 1 heterocycles. The zero-order chi connectivity index (χ0) is 10.9. The minimum Gasteiger partial charge on any atom is -0.466 e. The maximum absolute atomic E-state index is 8.64. The van der Waals surface area contributed by atoms with E-state index >= 15 is 0 Å². The van der Waals surface area contributed by atoms with Crippen LogP contribution in [0.4, 0.5) is 0 Å². The monoisotopic (exact) mass is 210 g/mol. The first-order valence-corrected chi connectivity index (χ1v) is 6.05. The van der Waals surface area contributed by atoms with Crippen molar-refractivity contribution in [3.8, 4) is 0 Å². The lowest BCUT2D eigenvalue weighted by Gasteiger charge is -1.97. The molecule has 1 aromatic heterocycles. The molecular weight excluding hydrogens is 188 g/mol. The first kappa shape index (κ1) is 12.3. The van der Waals surface area contributed by atoms with Crippen molar-refractivity contribution in [2.24, 2.45) is 0 Å². The van der Waals surface area contributed by atoms with Crippen LogP contribution in [0.3, 0.4) is 0 Å². The Labute approximate surface area is 92.3 Å². The van der Waals surface area contributed by atoms with Gasteiger partial charge in [0.25, 0.3) is 0 Å². The van der Waals surface area contributed by atoms with Crippen molar-refractivity contribution in [3.05, 3.63) is 23.7 Å². The molecule has 15 heavy (non-hydrogen) atoms. The summed E-state index contributed by atoms with van der Waals surface area (Å²) in [5.41, 5.74) is 0. The number of aliphatic hydroxyl groups is 1. The van der Waals surface area contributed by atoms with E-state index in [4.69, 9.17) is 9.52 Å². The Morgan fingerprint density at radius 2 is 1.67 bits per heavy atom. The summed E-state index contributed by atoms with van der Waals surface area (Å²) in [6.45, 7) is 2.50. The molecule has 0 aliphatic heterocycles. The molecule has 0 spiro atoms. The van der Waals surface area contributed by atoms with Gasteiger partial charge in [-0.3, -0.25) is 0 Å². The van der Waals surface area contributed by atoms with Crippen molar-refractivity contribution in [2.75, 3.05) is 6.61 Å². The van der Waals surface area contributed by atoms with Gasteiger partial charge < -0.3 is 9.52 Å². The number of hydrogen-bond donors (Lipinski definition) is 1. The van der Waals surface area contributed by atoms with E-state index in [9.17, 15) is 0 Å². The quantitative estimate of drug-likeness (QED) is 0.668. The van der Waals surface area contributed by atoms with Gasteiger partial charge in [0, 0.05) is 19.4 Å². The molecule has 0 unspecified atom stereocenters. The summed E-state index contributed by atoms with van der Waals surface area (Å²) in [6.07, 6.45) is 7.59. The van der Waals surface area contributed by atoms with Crippen molar-refractivity contribution in [2.45, 2.75) is 51.9 Å². The summed E-state index contributed by atoms with van der Waals surface area (Å²) in [5.74, 6) is 2.22. The first-order chi connectivity index (χ1) is 7.36. The van der Waals surface area contributed by atoms with Crippen molar-refractivity contribution in [3.63, 3.8) is 0 Å². The maximum Gasteiger partial charge on any atom is 0.104 e. The lowest BCUT2D eigenvalue weighted by atomic mass is 10.2. The smallest absolute Gasteiger partial charge is 0.104 e. The highest BCUT2D eigenvalue weighted by Gasteiger charge is 2.01. The molecule has 0 atom stereocenters.